The fourth-order valence-electron chi connectivity index (χ4n) is 2.31. The summed E-state index contributed by atoms with van der Waals surface area (Å²) in [7, 11) is 3.94. The van der Waals surface area contributed by atoms with Gasteiger partial charge < -0.3 is 14.7 Å². The number of hydrogen-bond donors (Lipinski definition) is 1. The molecule has 1 atom stereocenters. The summed E-state index contributed by atoms with van der Waals surface area (Å²) in [4.78, 5) is 1.99. The summed E-state index contributed by atoms with van der Waals surface area (Å²) < 4.78 is 5.80. The van der Waals surface area contributed by atoms with Crippen molar-refractivity contribution in [2.75, 3.05) is 27.2 Å². The van der Waals surface area contributed by atoms with E-state index in [-0.39, 0.29) is 6.10 Å². The monoisotopic (exact) mass is 229 g/mol. The Bertz CT molecular complexity index is 165. The molecule has 0 aliphatic heterocycles. The van der Waals surface area contributed by atoms with E-state index in [1.807, 2.05) is 19.0 Å². The molecule has 0 amide bonds. The lowest BCUT2D eigenvalue weighted by molar-refractivity contribution is -0.0257. The minimum absolute atomic E-state index is 0.347. The second-order valence-corrected chi connectivity index (χ2v) is 5.22. The Balaban J connectivity index is 2.14. The average Bonchev–Trinajstić information content (AvgIpc) is 2.14. The van der Waals surface area contributed by atoms with Crippen LogP contribution in [0.5, 0.6) is 0 Å². The van der Waals surface area contributed by atoms with Gasteiger partial charge in [0.25, 0.3) is 0 Å². The second kappa shape index (κ2) is 8.04. The lowest BCUT2D eigenvalue weighted by atomic mass is 9.98. The zero-order valence-electron chi connectivity index (χ0n) is 10.8. The molecule has 3 heteroatoms. The first-order valence-corrected chi connectivity index (χ1v) is 6.63. The van der Waals surface area contributed by atoms with E-state index in [1.54, 1.807) is 0 Å². The van der Waals surface area contributed by atoms with Gasteiger partial charge in [-0.1, -0.05) is 32.1 Å². The number of nitrogens with zero attached hydrogens (tertiary/aromatic N) is 1. The largest absolute Gasteiger partial charge is 0.389 e. The Morgan fingerprint density at radius 3 is 2.25 bits per heavy atom. The highest BCUT2D eigenvalue weighted by Crippen LogP contribution is 2.19. The number of aliphatic hydroxyl groups is 1. The first-order valence-electron chi connectivity index (χ1n) is 6.63. The number of likely N-dealkylation sites (N-methyl/N-ethyl adjacent to an activating group) is 1. The molecule has 0 radical (unpaired) electrons. The maximum atomic E-state index is 9.71. The van der Waals surface area contributed by atoms with Crippen LogP contribution in [0.15, 0.2) is 0 Å². The summed E-state index contributed by atoms with van der Waals surface area (Å²) in [5.41, 5.74) is 0. The Kier molecular flexibility index (Phi) is 7.01. The van der Waals surface area contributed by atoms with Crippen molar-refractivity contribution < 1.29 is 9.84 Å². The topological polar surface area (TPSA) is 32.7 Å². The molecule has 1 N–H and O–H groups in total. The fourth-order valence-corrected chi connectivity index (χ4v) is 2.31. The molecule has 96 valence electrons. The number of ether oxygens (including phenoxy) is 1. The summed E-state index contributed by atoms with van der Waals surface area (Å²) in [6.45, 7) is 1.18. The summed E-state index contributed by atoms with van der Waals surface area (Å²) in [5.74, 6) is 0. The number of hydrogen-bond acceptors (Lipinski definition) is 3. The minimum atomic E-state index is -0.347. The lowest BCUT2D eigenvalue weighted by Gasteiger charge is -2.23. The number of aliphatic hydroxyl groups excluding tert-OH is 1. The molecule has 0 bridgehead atoms. The van der Waals surface area contributed by atoms with Crippen LogP contribution in [0.1, 0.15) is 44.9 Å². The molecule has 0 saturated heterocycles. The first-order chi connectivity index (χ1) is 7.68. The Labute approximate surface area is 99.8 Å². The van der Waals surface area contributed by atoms with Crippen molar-refractivity contribution in [2.45, 2.75) is 57.2 Å². The van der Waals surface area contributed by atoms with Crippen molar-refractivity contribution in [1.82, 2.24) is 4.90 Å². The van der Waals surface area contributed by atoms with Crippen LogP contribution in [-0.2, 0) is 4.74 Å². The van der Waals surface area contributed by atoms with Crippen LogP contribution in [0.2, 0.25) is 0 Å². The zero-order valence-corrected chi connectivity index (χ0v) is 10.8. The smallest absolute Gasteiger partial charge is 0.0900 e. The second-order valence-electron chi connectivity index (χ2n) is 5.22. The van der Waals surface area contributed by atoms with Gasteiger partial charge in [0.2, 0.25) is 0 Å². The Morgan fingerprint density at radius 2 is 1.69 bits per heavy atom. The Morgan fingerprint density at radius 1 is 1.12 bits per heavy atom. The minimum Gasteiger partial charge on any atom is -0.389 e. The van der Waals surface area contributed by atoms with Crippen molar-refractivity contribution in [3.63, 3.8) is 0 Å². The van der Waals surface area contributed by atoms with Crippen molar-refractivity contribution >= 4 is 0 Å². The third-order valence-electron chi connectivity index (χ3n) is 3.15. The van der Waals surface area contributed by atoms with E-state index in [0.29, 0.717) is 19.3 Å². The molecule has 1 saturated carbocycles. The molecule has 0 heterocycles. The SMILES string of the molecule is CN(C)CC(O)COC1CCCCCCC1. The quantitative estimate of drug-likeness (QED) is 0.783. The molecular formula is C13H27NO2. The van der Waals surface area contributed by atoms with Gasteiger partial charge in [0.1, 0.15) is 0 Å². The van der Waals surface area contributed by atoms with Gasteiger partial charge in [0.15, 0.2) is 0 Å². The fraction of sp³-hybridized carbons (Fsp3) is 1.00. The van der Waals surface area contributed by atoms with E-state index in [4.69, 9.17) is 4.74 Å². The summed E-state index contributed by atoms with van der Waals surface area (Å²) in [6, 6.07) is 0. The maximum absolute atomic E-state index is 9.71. The van der Waals surface area contributed by atoms with Crippen LogP contribution < -0.4 is 0 Å². The van der Waals surface area contributed by atoms with E-state index in [9.17, 15) is 5.11 Å². The average molecular weight is 229 g/mol. The highest BCUT2D eigenvalue weighted by molar-refractivity contribution is 4.65. The maximum Gasteiger partial charge on any atom is 0.0900 e. The molecule has 0 aromatic heterocycles. The first kappa shape index (κ1) is 13.9. The van der Waals surface area contributed by atoms with Gasteiger partial charge in [-0.05, 0) is 26.9 Å². The molecule has 1 aliphatic rings. The summed E-state index contributed by atoms with van der Waals surface area (Å²) in [6.07, 6.45) is 9.04. The molecule has 3 nitrogen and oxygen atoms in total. The van der Waals surface area contributed by atoms with Crippen molar-refractivity contribution in [3.05, 3.63) is 0 Å². The van der Waals surface area contributed by atoms with E-state index in [1.165, 1.54) is 44.9 Å². The molecule has 1 fully saturated rings. The van der Waals surface area contributed by atoms with E-state index >= 15 is 0 Å². The van der Waals surface area contributed by atoms with Gasteiger partial charge in [-0.2, -0.15) is 0 Å². The van der Waals surface area contributed by atoms with Gasteiger partial charge in [-0.3, -0.25) is 0 Å². The van der Waals surface area contributed by atoms with Crippen LogP contribution >= 0.6 is 0 Å². The molecule has 1 rings (SSSR count). The van der Waals surface area contributed by atoms with Gasteiger partial charge in [0, 0.05) is 6.54 Å². The summed E-state index contributed by atoms with van der Waals surface area (Å²) in [5, 5.41) is 9.71. The molecule has 0 aromatic carbocycles. The van der Waals surface area contributed by atoms with Crippen molar-refractivity contribution in [1.29, 1.82) is 0 Å². The zero-order chi connectivity index (χ0) is 11.8. The van der Waals surface area contributed by atoms with Gasteiger partial charge in [0.05, 0.1) is 18.8 Å². The van der Waals surface area contributed by atoms with Gasteiger partial charge >= 0.3 is 0 Å². The summed E-state index contributed by atoms with van der Waals surface area (Å²) >= 11 is 0. The molecular weight excluding hydrogens is 202 g/mol. The molecule has 16 heavy (non-hydrogen) atoms. The third-order valence-corrected chi connectivity index (χ3v) is 3.15. The van der Waals surface area contributed by atoms with Crippen LogP contribution in [0.3, 0.4) is 0 Å². The van der Waals surface area contributed by atoms with Gasteiger partial charge in [-0.25, -0.2) is 0 Å². The predicted octanol–water partition coefficient (Wildman–Crippen LogP) is 2.04. The van der Waals surface area contributed by atoms with Crippen LogP contribution in [0.25, 0.3) is 0 Å². The molecule has 0 spiro atoms. The Hall–Kier alpha value is -0.120. The standard InChI is InChI=1S/C13H27NO2/c1-14(2)10-12(15)11-16-13-8-6-4-3-5-7-9-13/h12-13,15H,3-11H2,1-2H3. The number of rotatable bonds is 5. The molecule has 1 aliphatic carbocycles. The van der Waals surface area contributed by atoms with Gasteiger partial charge in [-0.15, -0.1) is 0 Å². The third kappa shape index (κ3) is 6.46. The van der Waals surface area contributed by atoms with E-state index < -0.39 is 0 Å². The highest BCUT2D eigenvalue weighted by Gasteiger charge is 2.14. The van der Waals surface area contributed by atoms with Crippen LogP contribution in [0.4, 0.5) is 0 Å². The molecule has 1 unspecified atom stereocenters. The van der Waals surface area contributed by atoms with E-state index in [0.717, 1.165) is 0 Å². The van der Waals surface area contributed by atoms with E-state index in [2.05, 4.69) is 0 Å². The van der Waals surface area contributed by atoms with Crippen LogP contribution in [-0.4, -0.2) is 49.5 Å². The van der Waals surface area contributed by atoms with Crippen LogP contribution in [0, 0.1) is 0 Å². The predicted molar refractivity (Wildman–Crippen MR) is 66.6 cm³/mol. The normalized spacial score (nSPS) is 21.8. The van der Waals surface area contributed by atoms with Crippen molar-refractivity contribution in [3.8, 4) is 0 Å². The lowest BCUT2D eigenvalue weighted by Crippen LogP contribution is -2.31. The molecule has 0 aromatic rings. The van der Waals surface area contributed by atoms with Crippen molar-refractivity contribution in [2.24, 2.45) is 0 Å². The highest BCUT2D eigenvalue weighted by atomic mass is 16.5.